The van der Waals surface area contributed by atoms with Crippen LogP contribution in [0.3, 0.4) is 0 Å². The van der Waals surface area contributed by atoms with Gasteiger partial charge < -0.3 is 20.1 Å². The second-order valence-electron chi connectivity index (χ2n) is 7.89. The highest BCUT2D eigenvalue weighted by Crippen LogP contribution is 2.41. The summed E-state index contributed by atoms with van der Waals surface area (Å²) in [6.07, 6.45) is 1.95. The van der Waals surface area contributed by atoms with Crippen LogP contribution in [0.15, 0.2) is 36.4 Å². The van der Waals surface area contributed by atoms with Crippen molar-refractivity contribution >= 4 is 5.82 Å². The molecule has 0 amide bonds. The molecule has 0 radical (unpaired) electrons. The molecule has 1 saturated heterocycles. The van der Waals surface area contributed by atoms with Crippen molar-refractivity contribution in [2.75, 3.05) is 24.5 Å². The minimum absolute atomic E-state index is 0.321. The molecule has 144 valence electrons. The van der Waals surface area contributed by atoms with E-state index in [0.29, 0.717) is 24.4 Å². The third-order valence-corrected chi connectivity index (χ3v) is 5.55. The fourth-order valence-corrected chi connectivity index (χ4v) is 3.70. The van der Waals surface area contributed by atoms with Gasteiger partial charge >= 0.3 is 0 Å². The van der Waals surface area contributed by atoms with Gasteiger partial charge in [0, 0.05) is 31.7 Å². The number of rotatable bonds is 6. The number of aliphatic hydroxyl groups excluding tert-OH is 1. The molecule has 2 heterocycles. The van der Waals surface area contributed by atoms with Gasteiger partial charge in [0.1, 0.15) is 12.4 Å². The van der Waals surface area contributed by atoms with E-state index < -0.39 is 0 Å². The highest BCUT2D eigenvalue weighted by atomic mass is 16.5. The summed E-state index contributed by atoms with van der Waals surface area (Å²) < 4.78 is 5.98. The first-order valence-corrected chi connectivity index (χ1v) is 9.96. The van der Waals surface area contributed by atoms with Gasteiger partial charge in [0.2, 0.25) is 5.88 Å². The molecule has 4 rings (SSSR count). The molecular weight excluding hydrogens is 338 g/mol. The number of aromatic nitrogens is 1. The van der Waals surface area contributed by atoms with Crippen LogP contribution in [0.25, 0.3) is 0 Å². The van der Waals surface area contributed by atoms with E-state index in [1.165, 1.54) is 0 Å². The van der Waals surface area contributed by atoms with Gasteiger partial charge in [-0.25, -0.2) is 0 Å². The molecule has 2 fully saturated rings. The van der Waals surface area contributed by atoms with Gasteiger partial charge in [0.15, 0.2) is 0 Å². The number of ether oxygens (including phenoxy) is 1. The summed E-state index contributed by atoms with van der Waals surface area (Å²) in [6, 6.07) is 12.6. The molecule has 0 spiro atoms. The van der Waals surface area contributed by atoms with E-state index >= 15 is 0 Å². The van der Waals surface area contributed by atoms with Crippen LogP contribution < -0.4 is 15.0 Å². The quantitative estimate of drug-likeness (QED) is 0.821. The van der Waals surface area contributed by atoms with Crippen molar-refractivity contribution < 1.29 is 9.84 Å². The Labute approximate surface area is 161 Å². The molecule has 1 aliphatic carbocycles. The first kappa shape index (κ1) is 18.3. The van der Waals surface area contributed by atoms with Crippen molar-refractivity contribution in [1.29, 1.82) is 0 Å². The molecule has 1 aromatic carbocycles. The number of pyridine rings is 1. The van der Waals surface area contributed by atoms with Gasteiger partial charge in [0.05, 0.1) is 6.10 Å². The maximum atomic E-state index is 10.3. The summed E-state index contributed by atoms with van der Waals surface area (Å²) in [5, 5.41) is 13.8. The van der Waals surface area contributed by atoms with Crippen LogP contribution in [0.1, 0.15) is 42.6 Å². The summed E-state index contributed by atoms with van der Waals surface area (Å²) in [5.74, 6) is 2.08. The van der Waals surface area contributed by atoms with Crippen LogP contribution in [-0.4, -0.2) is 35.8 Å². The van der Waals surface area contributed by atoms with Crippen LogP contribution in [0.4, 0.5) is 5.82 Å². The molecule has 2 aromatic rings. The minimum atomic E-state index is -0.321. The third-order valence-electron chi connectivity index (χ3n) is 5.55. The number of anilines is 1. The number of aryl methyl sites for hydroxylation is 1. The summed E-state index contributed by atoms with van der Waals surface area (Å²) in [5.41, 5.74) is 3.30. The molecule has 1 aromatic heterocycles. The zero-order valence-corrected chi connectivity index (χ0v) is 16.2. The fraction of sp³-hybridized carbons (Fsp3) is 0.500. The smallest absolute Gasteiger partial charge is 0.215 e. The van der Waals surface area contributed by atoms with E-state index in [0.717, 1.165) is 55.0 Å². The first-order chi connectivity index (χ1) is 13.1. The van der Waals surface area contributed by atoms with Crippen molar-refractivity contribution in [2.45, 2.75) is 45.4 Å². The van der Waals surface area contributed by atoms with Crippen molar-refractivity contribution in [3.63, 3.8) is 0 Å². The van der Waals surface area contributed by atoms with Crippen molar-refractivity contribution in [3.05, 3.63) is 53.1 Å². The lowest BCUT2D eigenvalue weighted by molar-refractivity contribution is 0.153. The Bertz CT molecular complexity index is 791. The zero-order valence-electron chi connectivity index (χ0n) is 16.2. The predicted molar refractivity (Wildman–Crippen MR) is 107 cm³/mol. The Hall–Kier alpha value is -2.11. The molecule has 1 saturated carbocycles. The second kappa shape index (κ2) is 7.87. The number of benzene rings is 1. The van der Waals surface area contributed by atoms with Gasteiger partial charge in [-0.2, -0.15) is 4.98 Å². The Morgan fingerprint density at radius 1 is 1.30 bits per heavy atom. The highest BCUT2D eigenvalue weighted by Gasteiger charge is 2.30. The molecule has 27 heavy (non-hydrogen) atoms. The van der Waals surface area contributed by atoms with Crippen LogP contribution in [-0.2, 0) is 6.61 Å². The number of hydrogen-bond donors (Lipinski definition) is 2. The maximum absolute atomic E-state index is 10.3. The summed E-state index contributed by atoms with van der Waals surface area (Å²) >= 11 is 0. The highest BCUT2D eigenvalue weighted by molar-refractivity contribution is 5.41. The van der Waals surface area contributed by atoms with Gasteiger partial charge in [-0.3, -0.25) is 0 Å². The molecule has 1 aliphatic heterocycles. The lowest BCUT2D eigenvalue weighted by atomic mass is 10.00. The summed E-state index contributed by atoms with van der Waals surface area (Å²) in [7, 11) is 0. The predicted octanol–water partition coefficient (Wildman–Crippen LogP) is 3.21. The second-order valence-corrected chi connectivity index (χ2v) is 7.89. The number of aliphatic hydroxyl groups is 1. The number of hydrogen-bond acceptors (Lipinski definition) is 5. The van der Waals surface area contributed by atoms with Crippen LogP contribution in [0.2, 0.25) is 0 Å². The lowest BCUT2D eigenvalue weighted by Crippen LogP contribution is -2.49. The van der Waals surface area contributed by atoms with E-state index in [-0.39, 0.29) is 6.10 Å². The molecule has 2 aliphatic rings. The van der Waals surface area contributed by atoms with Crippen molar-refractivity contribution in [1.82, 2.24) is 10.3 Å². The number of piperazine rings is 1. The van der Waals surface area contributed by atoms with E-state index in [9.17, 15) is 5.11 Å². The molecule has 2 atom stereocenters. The van der Waals surface area contributed by atoms with Gasteiger partial charge in [-0.15, -0.1) is 0 Å². The topological polar surface area (TPSA) is 57.6 Å². The molecular formula is C22H29N3O2. The molecule has 5 heteroatoms. The fourth-order valence-electron chi connectivity index (χ4n) is 3.70. The SMILES string of the molecule is Cc1cc(C(O)C2CC2)ccc1COc1cccc(N2CCN[C@@H](C)C2)n1. The van der Waals surface area contributed by atoms with Crippen molar-refractivity contribution in [3.8, 4) is 5.88 Å². The van der Waals surface area contributed by atoms with Gasteiger partial charge in [-0.1, -0.05) is 24.3 Å². The zero-order chi connectivity index (χ0) is 18.8. The minimum Gasteiger partial charge on any atom is -0.473 e. The normalized spacial score (nSPS) is 21.1. The Morgan fingerprint density at radius 2 is 2.15 bits per heavy atom. The van der Waals surface area contributed by atoms with E-state index in [2.05, 4.69) is 41.2 Å². The summed E-state index contributed by atoms with van der Waals surface area (Å²) in [6.45, 7) is 7.66. The average molecular weight is 367 g/mol. The van der Waals surface area contributed by atoms with Crippen LogP contribution >= 0.6 is 0 Å². The van der Waals surface area contributed by atoms with Gasteiger partial charge in [0.25, 0.3) is 0 Å². The van der Waals surface area contributed by atoms with Crippen LogP contribution in [0.5, 0.6) is 5.88 Å². The molecule has 1 unspecified atom stereocenters. The summed E-state index contributed by atoms with van der Waals surface area (Å²) in [4.78, 5) is 6.99. The van der Waals surface area contributed by atoms with E-state index in [4.69, 9.17) is 4.74 Å². The monoisotopic (exact) mass is 367 g/mol. The largest absolute Gasteiger partial charge is 0.473 e. The third kappa shape index (κ3) is 4.42. The van der Waals surface area contributed by atoms with E-state index in [1.54, 1.807) is 0 Å². The Morgan fingerprint density at radius 3 is 2.89 bits per heavy atom. The number of nitrogens with one attached hydrogen (secondary N) is 1. The van der Waals surface area contributed by atoms with E-state index in [1.807, 2.05) is 24.3 Å². The Balaban J connectivity index is 1.40. The molecule has 0 bridgehead atoms. The molecule has 2 N–H and O–H groups in total. The van der Waals surface area contributed by atoms with Gasteiger partial charge in [-0.05, 0) is 55.4 Å². The molecule has 5 nitrogen and oxygen atoms in total. The lowest BCUT2D eigenvalue weighted by Gasteiger charge is -2.32. The van der Waals surface area contributed by atoms with Crippen LogP contribution in [0, 0.1) is 12.8 Å². The maximum Gasteiger partial charge on any atom is 0.215 e. The first-order valence-electron chi connectivity index (χ1n) is 9.96. The Kier molecular flexibility index (Phi) is 5.32. The average Bonchev–Trinajstić information content (AvgIpc) is 3.52. The standard InChI is InChI=1S/C22H29N3O2/c1-15-12-18(22(26)17-6-7-17)8-9-19(15)14-27-21-5-3-4-20(24-21)25-11-10-23-16(2)13-25/h3-5,8-9,12,16-17,22-23,26H,6-7,10-11,13-14H2,1-2H3/t16-,22?/m0/s1. The van der Waals surface area contributed by atoms with Crippen molar-refractivity contribution in [2.24, 2.45) is 5.92 Å². The number of nitrogens with zero attached hydrogens (tertiary/aromatic N) is 2.